The minimum absolute atomic E-state index is 0.109. The summed E-state index contributed by atoms with van der Waals surface area (Å²) < 4.78 is 0. The van der Waals surface area contributed by atoms with Crippen LogP contribution in [0.15, 0.2) is 84.9 Å². The van der Waals surface area contributed by atoms with E-state index in [2.05, 4.69) is 171 Å². The van der Waals surface area contributed by atoms with Crippen LogP contribution in [-0.2, 0) is 21.7 Å². The molecule has 0 bridgehead atoms. The highest BCUT2D eigenvalue weighted by atomic mass is 15.1. The molecule has 1 N–H and O–H groups in total. The molecule has 0 spiro atoms. The van der Waals surface area contributed by atoms with Crippen molar-refractivity contribution in [3.8, 4) is 0 Å². The summed E-state index contributed by atoms with van der Waals surface area (Å²) in [6.45, 7) is 25.4. The maximum Gasteiger partial charge on any atom is 0.0482 e. The van der Waals surface area contributed by atoms with Crippen LogP contribution < -0.4 is 10.2 Å². The van der Waals surface area contributed by atoms with Crippen LogP contribution in [0.3, 0.4) is 0 Å². The number of aryl methyl sites for hydroxylation is 1. The highest BCUT2D eigenvalue weighted by molar-refractivity contribution is 5.80. The zero-order valence-corrected chi connectivity index (χ0v) is 28.4. The molecule has 0 unspecified atom stereocenters. The first kappa shape index (κ1) is 30.9. The van der Waals surface area contributed by atoms with Gasteiger partial charge in [0.1, 0.15) is 0 Å². The van der Waals surface area contributed by atoms with Crippen LogP contribution in [0, 0.1) is 6.92 Å². The zero-order valence-electron chi connectivity index (χ0n) is 28.4. The van der Waals surface area contributed by atoms with Crippen LogP contribution in [-0.4, -0.2) is 0 Å². The largest absolute Gasteiger partial charge is 0.355 e. The van der Waals surface area contributed by atoms with E-state index in [4.69, 9.17) is 0 Å². The van der Waals surface area contributed by atoms with Gasteiger partial charge in [0.2, 0.25) is 0 Å². The van der Waals surface area contributed by atoms with Gasteiger partial charge in [0, 0.05) is 28.4 Å². The summed E-state index contributed by atoms with van der Waals surface area (Å²) in [7, 11) is 0. The third-order valence-electron chi connectivity index (χ3n) is 9.56. The first-order valence-electron chi connectivity index (χ1n) is 16.0. The second kappa shape index (κ2) is 10.9. The molecule has 226 valence electrons. The fraction of sp³-hybridized carbons (Fsp3) is 0.415. The lowest BCUT2D eigenvalue weighted by atomic mass is 9.63. The first-order chi connectivity index (χ1) is 20.0. The third-order valence-corrected chi connectivity index (χ3v) is 9.56. The summed E-state index contributed by atoms with van der Waals surface area (Å²) >= 11 is 0. The van der Waals surface area contributed by atoms with Crippen LogP contribution in [0.5, 0.6) is 0 Å². The monoisotopic (exact) mass is 572 g/mol. The van der Waals surface area contributed by atoms with E-state index in [1.165, 1.54) is 46.3 Å². The fourth-order valence-corrected chi connectivity index (χ4v) is 6.40. The smallest absolute Gasteiger partial charge is 0.0482 e. The zero-order chi connectivity index (χ0) is 31.4. The van der Waals surface area contributed by atoms with Crippen molar-refractivity contribution in [3.05, 3.63) is 113 Å². The third kappa shape index (κ3) is 6.40. The van der Waals surface area contributed by atoms with E-state index in [9.17, 15) is 0 Å². The SMILES string of the molecule is Cc1cc2c(cc1Nc1cccc(N(c3ccc(C(C)(C)C)cc3)c3ccc(C(C)(C)C)cc3)c1)C(C)(C)CCC2(C)C. The average Bonchev–Trinajstić information content (AvgIpc) is 2.92. The van der Waals surface area contributed by atoms with Crippen LogP contribution in [0.25, 0.3) is 0 Å². The van der Waals surface area contributed by atoms with Gasteiger partial charge < -0.3 is 10.2 Å². The minimum Gasteiger partial charge on any atom is -0.355 e. The summed E-state index contributed by atoms with van der Waals surface area (Å²) in [6.07, 6.45) is 2.44. The minimum atomic E-state index is 0.109. The second-order valence-corrected chi connectivity index (χ2v) is 16.1. The van der Waals surface area contributed by atoms with Gasteiger partial charge in [0.15, 0.2) is 0 Å². The Bertz CT molecular complexity index is 1530. The van der Waals surface area contributed by atoms with Gasteiger partial charge in [-0.05, 0) is 118 Å². The second-order valence-electron chi connectivity index (χ2n) is 16.1. The summed E-state index contributed by atoms with van der Waals surface area (Å²) in [6, 6.07) is 31.8. The van der Waals surface area contributed by atoms with Gasteiger partial charge in [0.25, 0.3) is 0 Å². The van der Waals surface area contributed by atoms with E-state index in [1.807, 2.05) is 0 Å². The number of anilines is 5. The molecule has 2 heteroatoms. The summed E-state index contributed by atoms with van der Waals surface area (Å²) in [5, 5.41) is 3.82. The molecule has 0 radical (unpaired) electrons. The van der Waals surface area contributed by atoms with E-state index in [0.717, 1.165) is 22.7 Å². The molecule has 0 saturated carbocycles. The maximum absolute atomic E-state index is 3.82. The quantitative estimate of drug-likeness (QED) is 0.256. The van der Waals surface area contributed by atoms with Crippen LogP contribution in [0.2, 0.25) is 0 Å². The molecule has 4 aromatic rings. The average molecular weight is 573 g/mol. The Kier molecular flexibility index (Phi) is 7.83. The Hall–Kier alpha value is -3.52. The van der Waals surface area contributed by atoms with Crippen molar-refractivity contribution in [2.24, 2.45) is 0 Å². The summed E-state index contributed by atoms with van der Waals surface area (Å²) in [5.74, 6) is 0. The van der Waals surface area contributed by atoms with Gasteiger partial charge >= 0.3 is 0 Å². The topological polar surface area (TPSA) is 15.3 Å². The number of hydrogen-bond donors (Lipinski definition) is 1. The van der Waals surface area contributed by atoms with Crippen molar-refractivity contribution in [3.63, 3.8) is 0 Å². The number of nitrogens with zero attached hydrogens (tertiary/aromatic N) is 1. The van der Waals surface area contributed by atoms with Gasteiger partial charge in [-0.1, -0.05) is 106 Å². The predicted molar refractivity (Wildman–Crippen MR) is 188 cm³/mol. The van der Waals surface area contributed by atoms with Crippen LogP contribution in [0.1, 0.15) is 110 Å². The summed E-state index contributed by atoms with van der Waals surface area (Å²) in [5.41, 5.74) is 13.3. The highest BCUT2D eigenvalue weighted by Crippen LogP contribution is 2.47. The van der Waals surface area contributed by atoms with Crippen molar-refractivity contribution >= 4 is 28.4 Å². The lowest BCUT2D eigenvalue weighted by Gasteiger charge is -2.42. The van der Waals surface area contributed by atoms with Gasteiger partial charge in [-0.3, -0.25) is 0 Å². The molecule has 0 atom stereocenters. The molecule has 4 aromatic carbocycles. The molecule has 0 aliphatic heterocycles. The van der Waals surface area contributed by atoms with Crippen molar-refractivity contribution in [2.75, 3.05) is 10.2 Å². The molecule has 0 fully saturated rings. The van der Waals surface area contributed by atoms with E-state index < -0.39 is 0 Å². The molecule has 0 aromatic heterocycles. The Balaban J connectivity index is 1.55. The normalized spacial score (nSPS) is 16.0. The predicted octanol–water partition coefficient (Wildman–Crippen LogP) is 12.2. The van der Waals surface area contributed by atoms with Gasteiger partial charge in [-0.25, -0.2) is 0 Å². The number of rotatable bonds is 5. The lowest BCUT2D eigenvalue weighted by Crippen LogP contribution is -2.34. The van der Waals surface area contributed by atoms with Crippen molar-refractivity contribution in [1.82, 2.24) is 0 Å². The van der Waals surface area contributed by atoms with Crippen molar-refractivity contribution < 1.29 is 0 Å². The maximum atomic E-state index is 3.82. The Labute approximate surface area is 261 Å². The highest BCUT2D eigenvalue weighted by Gasteiger charge is 2.37. The first-order valence-corrected chi connectivity index (χ1v) is 16.0. The molecule has 0 amide bonds. The number of nitrogens with one attached hydrogen (secondary N) is 1. The number of fused-ring (bicyclic) bond motifs is 1. The molecule has 0 heterocycles. The van der Waals surface area contributed by atoms with Crippen LogP contribution in [0.4, 0.5) is 28.4 Å². The molecule has 5 rings (SSSR count). The number of benzene rings is 4. The Morgan fingerprint density at radius 3 is 1.51 bits per heavy atom. The molecule has 2 nitrogen and oxygen atoms in total. The van der Waals surface area contributed by atoms with Crippen molar-refractivity contribution in [2.45, 2.75) is 111 Å². The molecule has 1 aliphatic carbocycles. The van der Waals surface area contributed by atoms with Gasteiger partial charge in [-0.15, -0.1) is 0 Å². The molecule has 0 saturated heterocycles. The van der Waals surface area contributed by atoms with E-state index in [-0.39, 0.29) is 21.7 Å². The van der Waals surface area contributed by atoms with Crippen molar-refractivity contribution in [1.29, 1.82) is 0 Å². The molecule has 43 heavy (non-hydrogen) atoms. The molecule has 1 aliphatic rings. The molecular formula is C41H52N2. The standard InChI is InChI=1S/C41H52N2/c1-28-25-35-36(41(10,11)24-23-40(35,8)9)27-37(28)42-31-13-12-14-34(26-31)43(32-19-15-29(16-20-32)38(2,3)4)33-21-17-30(18-22-33)39(5,6)7/h12-22,25-27,42H,23-24H2,1-11H3. The van der Waals surface area contributed by atoms with Gasteiger partial charge in [-0.2, -0.15) is 0 Å². The molecular weight excluding hydrogens is 520 g/mol. The van der Waals surface area contributed by atoms with E-state index >= 15 is 0 Å². The van der Waals surface area contributed by atoms with E-state index in [0.29, 0.717) is 0 Å². The van der Waals surface area contributed by atoms with E-state index in [1.54, 1.807) is 0 Å². The van der Waals surface area contributed by atoms with Gasteiger partial charge in [0.05, 0.1) is 0 Å². The van der Waals surface area contributed by atoms with Crippen LogP contribution >= 0.6 is 0 Å². The summed E-state index contributed by atoms with van der Waals surface area (Å²) in [4.78, 5) is 2.37. The Morgan fingerprint density at radius 1 is 0.581 bits per heavy atom. The lowest BCUT2D eigenvalue weighted by molar-refractivity contribution is 0.332. The number of hydrogen-bond acceptors (Lipinski definition) is 2. The fourth-order valence-electron chi connectivity index (χ4n) is 6.40. The Morgan fingerprint density at radius 2 is 1.05 bits per heavy atom.